The third kappa shape index (κ3) is 4.57. The van der Waals surface area contributed by atoms with E-state index in [1.165, 1.54) is 0 Å². The molecule has 0 heterocycles. The van der Waals surface area contributed by atoms with Gasteiger partial charge in [0.15, 0.2) is 0 Å². The van der Waals surface area contributed by atoms with Gasteiger partial charge in [0.25, 0.3) is 5.91 Å². The maximum Gasteiger partial charge on any atom is 0.255 e. The Balaban J connectivity index is 2.03. The summed E-state index contributed by atoms with van der Waals surface area (Å²) < 4.78 is 5.21. The van der Waals surface area contributed by atoms with Gasteiger partial charge in [-0.1, -0.05) is 49.4 Å². The van der Waals surface area contributed by atoms with Crippen molar-refractivity contribution in [3.8, 4) is 5.75 Å². The fourth-order valence-corrected chi connectivity index (χ4v) is 2.48. The number of hydrogen-bond donors (Lipinski definition) is 2. The van der Waals surface area contributed by atoms with Crippen LogP contribution in [-0.2, 0) is 6.42 Å². The van der Waals surface area contributed by atoms with E-state index in [-0.39, 0.29) is 12.5 Å². The van der Waals surface area contributed by atoms with Crippen molar-refractivity contribution in [2.24, 2.45) is 5.41 Å². The summed E-state index contributed by atoms with van der Waals surface area (Å²) in [4.78, 5) is 12.4. The molecular weight excluding hydrogens is 290 g/mol. The Morgan fingerprint density at radius 1 is 1.13 bits per heavy atom. The van der Waals surface area contributed by atoms with Gasteiger partial charge in [0, 0.05) is 12.0 Å². The summed E-state index contributed by atoms with van der Waals surface area (Å²) in [5.41, 5.74) is 1.21. The average molecular weight is 313 g/mol. The van der Waals surface area contributed by atoms with Crippen LogP contribution in [0.25, 0.3) is 0 Å². The van der Waals surface area contributed by atoms with Gasteiger partial charge in [-0.3, -0.25) is 4.79 Å². The molecule has 2 N–H and O–H groups in total. The largest absolute Gasteiger partial charge is 0.496 e. The standard InChI is InChI=1S/C19H23NO3/c1-19(14-21,12-15-8-4-3-5-9-15)13-20-18(22)16-10-6-7-11-17(16)23-2/h3-11,21H,12-14H2,1-2H3,(H,20,22)/t19-/m0/s1. The van der Waals surface area contributed by atoms with Crippen molar-refractivity contribution in [3.05, 3.63) is 65.7 Å². The number of nitrogens with one attached hydrogen (secondary N) is 1. The molecule has 0 unspecified atom stereocenters. The van der Waals surface area contributed by atoms with E-state index in [9.17, 15) is 9.90 Å². The number of ether oxygens (including phenoxy) is 1. The number of rotatable bonds is 7. The molecule has 2 aromatic carbocycles. The molecule has 0 radical (unpaired) electrons. The minimum Gasteiger partial charge on any atom is -0.496 e. The normalized spacial score (nSPS) is 13.2. The molecule has 23 heavy (non-hydrogen) atoms. The molecule has 0 aliphatic carbocycles. The Kier molecular flexibility index (Phi) is 5.77. The van der Waals surface area contributed by atoms with Crippen LogP contribution in [0.2, 0.25) is 0 Å². The summed E-state index contributed by atoms with van der Waals surface area (Å²) in [6, 6.07) is 17.1. The molecule has 0 fully saturated rings. The van der Waals surface area contributed by atoms with Crippen LogP contribution in [0.5, 0.6) is 5.75 Å². The lowest BCUT2D eigenvalue weighted by atomic mass is 9.84. The smallest absolute Gasteiger partial charge is 0.255 e. The number of carbonyl (C=O) groups is 1. The average Bonchev–Trinajstić information content (AvgIpc) is 2.60. The molecule has 1 atom stereocenters. The summed E-state index contributed by atoms with van der Waals surface area (Å²) >= 11 is 0. The van der Waals surface area contributed by atoms with Crippen molar-refractivity contribution < 1.29 is 14.6 Å². The van der Waals surface area contributed by atoms with Gasteiger partial charge in [0.1, 0.15) is 5.75 Å². The second-order valence-corrected chi connectivity index (χ2v) is 6.01. The van der Waals surface area contributed by atoms with Crippen molar-refractivity contribution in [1.29, 1.82) is 0 Å². The molecule has 2 aromatic rings. The number of aliphatic hydroxyl groups is 1. The van der Waals surface area contributed by atoms with Crippen molar-refractivity contribution >= 4 is 5.91 Å². The van der Waals surface area contributed by atoms with Crippen LogP contribution in [0, 0.1) is 5.41 Å². The minimum atomic E-state index is -0.418. The number of carbonyl (C=O) groups excluding carboxylic acids is 1. The Morgan fingerprint density at radius 3 is 2.43 bits per heavy atom. The summed E-state index contributed by atoms with van der Waals surface area (Å²) in [7, 11) is 1.54. The molecule has 0 saturated heterocycles. The first-order valence-electron chi connectivity index (χ1n) is 7.64. The fraction of sp³-hybridized carbons (Fsp3) is 0.316. The van der Waals surface area contributed by atoms with E-state index in [0.29, 0.717) is 24.3 Å². The van der Waals surface area contributed by atoms with E-state index >= 15 is 0 Å². The van der Waals surface area contributed by atoms with E-state index in [1.54, 1.807) is 25.3 Å². The van der Waals surface area contributed by atoms with Crippen LogP contribution in [0.1, 0.15) is 22.8 Å². The van der Waals surface area contributed by atoms with Gasteiger partial charge in [-0.15, -0.1) is 0 Å². The lowest BCUT2D eigenvalue weighted by Crippen LogP contribution is -2.39. The molecule has 0 bridgehead atoms. The zero-order valence-corrected chi connectivity index (χ0v) is 13.6. The van der Waals surface area contributed by atoms with Gasteiger partial charge in [-0.2, -0.15) is 0 Å². The van der Waals surface area contributed by atoms with E-state index < -0.39 is 5.41 Å². The summed E-state index contributed by atoms with van der Waals surface area (Å²) in [5.74, 6) is 0.342. The monoisotopic (exact) mass is 313 g/mol. The van der Waals surface area contributed by atoms with E-state index in [2.05, 4.69) is 5.32 Å². The number of amides is 1. The highest BCUT2D eigenvalue weighted by Crippen LogP contribution is 2.22. The summed E-state index contributed by atoms with van der Waals surface area (Å²) in [5, 5.41) is 12.7. The number of para-hydroxylation sites is 1. The highest BCUT2D eigenvalue weighted by molar-refractivity contribution is 5.96. The number of aliphatic hydroxyl groups excluding tert-OH is 1. The quantitative estimate of drug-likeness (QED) is 0.826. The summed E-state index contributed by atoms with van der Waals surface area (Å²) in [6.45, 7) is 2.34. The minimum absolute atomic E-state index is 0.00585. The van der Waals surface area contributed by atoms with Gasteiger partial charge in [-0.25, -0.2) is 0 Å². The molecule has 122 valence electrons. The maximum atomic E-state index is 12.4. The Bertz CT molecular complexity index is 642. The van der Waals surface area contributed by atoms with Gasteiger partial charge in [0.05, 0.1) is 19.3 Å². The zero-order chi connectivity index (χ0) is 16.7. The Morgan fingerprint density at radius 2 is 1.78 bits per heavy atom. The number of benzene rings is 2. The first-order valence-corrected chi connectivity index (χ1v) is 7.64. The van der Waals surface area contributed by atoms with E-state index in [0.717, 1.165) is 5.56 Å². The molecule has 0 saturated carbocycles. The molecule has 0 spiro atoms. The molecule has 2 rings (SSSR count). The van der Waals surface area contributed by atoms with Crippen LogP contribution < -0.4 is 10.1 Å². The van der Waals surface area contributed by atoms with Crippen molar-refractivity contribution in [2.45, 2.75) is 13.3 Å². The van der Waals surface area contributed by atoms with E-state index in [4.69, 9.17) is 4.74 Å². The molecule has 4 heteroatoms. The highest BCUT2D eigenvalue weighted by Gasteiger charge is 2.25. The molecular formula is C19H23NO3. The van der Waals surface area contributed by atoms with Crippen LogP contribution in [0.4, 0.5) is 0 Å². The van der Waals surface area contributed by atoms with E-state index in [1.807, 2.05) is 43.3 Å². The molecule has 0 aromatic heterocycles. The van der Waals surface area contributed by atoms with Crippen LogP contribution in [0.3, 0.4) is 0 Å². The Hall–Kier alpha value is -2.33. The Labute approximate surface area is 137 Å². The third-order valence-corrected chi connectivity index (χ3v) is 3.88. The van der Waals surface area contributed by atoms with Crippen molar-refractivity contribution in [2.75, 3.05) is 20.3 Å². The van der Waals surface area contributed by atoms with Crippen molar-refractivity contribution in [1.82, 2.24) is 5.32 Å². The topological polar surface area (TPSA) is 58.6 Å². The van der Waals surface area contributed by atoms with Crippen LogP contribution in [-0.4, -0.2) is 31.3 Å². The van der Waals surface area contributed by atoms with Gasteiger partial charge < -0.3 is 15.2 Å². The van der Waals surface area contributed by atoms with Gasteiger partial charge in [0.2, 0.25) is 0 Å². The van der Waals surface area contributed by atoms with Gasteiger partial charge in [-0.05, 0) is 24.1 Å². The first kappa shape index (κ1) is 17.0. The molecule has 4 nitrogen and oxygen atoms in total. The predicted octanol–water partition coefficient (Wildman–Crippen LogP) is 2.67. The van der Waals surface area contributed by atoms with Crippen LogP contribution in [0.15, 0.2) is 54.6 Å². The highest BCUT2D eigenvalue weighted by atomic mass is 16.5. The lowest BCUT2D eigenvalue weighted by molar-refractivity contribution is 0.0892. The second kappa shape index (κ2) is 7.79. The third-order valence-electron chi connectivity index (χ3n) is 3.88. The molecule has 0 aliphatic heterocycles. The maximum absolute atomic E-state index is 12.4. The first-order chi connectivity index (χ1) is 11.1. The van der Waals surface area contributed by atoms with Crippen LogP contribution >= 0.6 is 0 Å². The SMILES string of the molecule is COc1ccccc1C(=O)NC[C@@](C)(CO)Cc1ccccc1. The molecule has 1 amide bonds. The van der Waals surface area contributed by atoms with Crippen molar-refractivity contribution in [3.63, 3.8) is 0 Å². The summed E-state index contributed by atoms with van der Waals surface area (Å²) in [6.07, 6.45) is 0.691. The fourth-order valence-electron chi connectivity index (χ4n) is 2.48. The lowest BCUT2D eigenvalue weighted by Gasteiger charge is -2.28. The zero-order valence-electron chi connectivity index (χ0n) is 13.6. The number of hydrogen-bond acceptors (Lipinski definition) is 3. The second-order valence-electron chi connectivity index (χ2n) is 6.01. The molecule has 0 aliphatic rings. The number of methoxy groups -OCH3 is 1. The van der Waals surface area contributed by atoms with Gasteiger partial charge >= 0.3 is 0 Å². The predicted molar refractivity (Wildman–Crippen MR) is 90.7 cm³/mol.